The summed E-state index contributed by atoms with van der Waals surface area (Å²) >= 11 is 0. The van der Waals surface area contributed by atoms with Crippen LogP contribution in [0.2, 0.25) is 17.1 Å². The summed E-state index contributed by atoms with van der Waals surface area (Å²) < 4.78 is 12.3. The molecule has 3 rings (SSSR count). The van der Waals surface area contributed by atoms with Gasteiger partial charge in [-0.15, -0.1) is 0 Å². The van der Waals surface area contributed by atoms with E-state index in [-0.39, 0.29) is 0 Å². The Hall–Kier alpha value is -1.72. The Morgan fingerprint density at radius 3 is 2.39 bits per heavy atom. The van der Waals surface area contributed by atoms with E-state index in [1.807, 2.05) is 25.3 Å². The molecule has 2 heterocycles. The lowest BCUT2D eigenvalue weighted by Crippen LogP contribution is -2.46. The Morgan fingerprint density at radius 1 is 1.03 bits per heavy atom. The van der Waals surface area contributed by atoms with E-state index in [4.69, 9.17) is 9.16 Å². The van der Waals surface area contributed by atoms with Crippen LogP contribution in [-0.2, 0) is 4.43 Å². The van der Waals surface area contributed by atoms with Crippen LogP contribution >= 0.6 is 0 Å². The fourth-order valence-corrected chi connectivity index (χ4v) is 9.42. The Labute approximate surface area is 202 Å². The zero-order valence-corrected chi connectivity index (χ0v) is 22.7. The summed E-state index contributed by atoms with van der Waals surface area (Å²) in [5.74, 6) is 2.13. The smallest absolute Gasteiger partial charge is 0.213 e. The lowest BCUT2D eigenvalue weighted by atomic mass is 9.80. The van der Waals surface area contributed by atoms with E-state index < -0.39 is 8.32 Å². The molecular formula is C28H44N2O2Si. The average molecular weight is 469 g/mol. The third kappa shape index (κ3) is 6.45. The highest BCUT2D eigenvalue weighted by Gasteiger charge is 2.43. The maximum absolute atomic E-state index is 6.70. The Kier molecular flexibility index (Phi) is 9.11. The van der Waals surface area contributed by atoms with Gasteiger partial charge in [0, 0.05) is 24.4 Å². The molecule has 0 aromatic carbocycles. The van der Waals surface area contributed by atoms with E-state index in [0.717, 1.165) is 29.1 Å². The summed E-state index contributed by atoms with van der Waals surface area (Å²) in [6.07, 6.45) is 12.9. The van der Waals surface area contributed by atoms with Crippen LogP contribution in [0.25, 0.3) is 17.1 Å². The zero-order valence-electron chi connectivity index (χ0n) is 21.7. The summed E-state index contributed by atoms with van der Waals surface area (Å²) in [6, 6.07) is 8.38. The van der Waals surface area contributed by atoms with E-state index in [9.17, 15) is 0 Å². The van der Waals surface area contributed by atoms with E-state index >= 15 is 0 Å². The molecule has 0 unspecified atom stereocenters. The molecule has 2 aromatic rings. The van der Waals surface area contributed by atoms with Gasteiger partial charge in [0.15, 0.2) is 8.32 Å². The molecule has 0 N–H and O–H groups in total. The molecule has 0 aliphatic heterocycles. The van der Waals surface area contributed by atoms with Crippen LogP contribution in [0.15, 0.2) is 30.5 Å². The highest BCUT2D eigenvalue weighted by molar-refractivity contribution is 6.76. The van der Waals surface area contributed by atoms with Gasteiger partial charge in [-0.25, -0.2) is 4.98 Å². The Morgan fingerprint density at radius 2 is 1.76 bits per heavy atom. The molecule has 0 amide bonds. The van der Waals surface area contributed by atoms with Crippen LogP contribution in [0.4, 0.5) is 0 Å². The molecule has 0 radical (unpaired) electrons. The maximum atomic E-state index is 6.70. The first kappa shape index (κ1) is 25.9. The fourth-order valence-electron chi connectivity index (χ4n) is 5.45. The van der Waals surface area contributed by atoms with E-state index in [1.54, 1.807) is 0 Å². The number of pyridine rings is 2. The average Bonchev–Trinajstić information content (AvgIpc) is 2.81. The van der Waals surface area contributed by atoms with Gasteiger partial charge >= 0.3 is 0 Å². The minimum atomic E-state index is -1.66. The van der Waals surface area contributed by atoms with Gasteiger partial charge in [-0.05, 0) is 80.1 Å². The highest BCUT2D eigenvalue weighted by Crippen LogP contribution is 2.42. The molecule has 182 valence electrons. The predicted octanol–water partition coefficient (Wildman–Crippen LogP) is 8.04. The summed E-state index contributed by atoms with van der Waals surface area (Å²) in [5.41, 5.74) is 2.96. The molecule has 5 heteroatoms. The van der Waals surface area contributed by atoms with Gasteiger partial charge in [0.2, 0.25) is 5.88 Å². The summed E-state index contributed by atoms with van der Waals surface area (Å²) in [7, 11) is -1.66. The first-order chi connectivity index (χ1) is 15.8. The molecule has 1 aliphatic rings. The van der Waals surface area contributed by atoms with Gasteiger partial charge in [-0.1, -0.05) is 46.8 Å². The normalized spacial score (nSPS) is 19.9. The molecule has 1 saturated carbocycles. The largest absolute Gasteiger partial charge is 0.478 e. The van der Waals surface area contributed by atoms with E-state index in [0.29, 0.717) is 23.4 Å². The van der Waals surface area contributed by atoms with Crippen LogP contribution in [0, 0.1) is 11.8 Å². The van der Waals surface area contributed by atoms with Crippen molar-refractivity contribution in [3.63, 3.8) is 0 Å². The topological polar surface area (TPSA) is 44.2 Å². The van der Waals surface area contributed by atoms with Crippen molar-refractivity contribution in [3.8, 4) is 5.88 Å². The molecule has 1 aliphatic carbocycles. The molecule has 0 saturated heterocycles. The third-order valence-corrected chi connectivity index (χ3v) is 13.5. The number of rotatable bonds is 10. The van der Waals surface area contributed by atoms with Gasteiger partial charge in [-0.3, -0.25) is 4.98 Å². The molecule has 4 nitrogen and oxygen atoms in total. The van der Waals surface area contributed by atoms with E-state index in [1.165, 1.54) is 44.2 Å². The monoisotopic (exact) mass is 468 g/mol. The lowest BCUT2D eigenvalue weighted by molar-refractivity contribution is 0.215. The second kappa shape index (κ2) is 11.6. The molecule has 33 heavy (non-hydrogen) atoms. The molecule has 1 fully saturated rings. The molecule has 0 bridgehead atoms. The van der Waals surface area contributed by atoms with Crippen LogP contribution in [-0.4, -0.2) is 31.5 Å². The zero-order chi connectivity index (χ0) is 23.9. The SMILES string of the molecule is CCOc1ccc2nccc(C=CC3CCC(CCO[Si](CC)(CC)C(C)(C)C)CC3)c2n1. The van der Waals surface area contributed by atoms with Crippen molar-refractivity contribution >= 4 is 25.4 Å². The Bertz CT molecular complexity index is 910. The molecule has 0 atom stereocenters. The first-order valence-corrected chi connectivity index (χ1v) is 15.3. The van der Waals surface area contributed by atoms with Crippen LogP contribution < -0.4 is 4.74 Å². The second-order valence-electron chi connectivity index (χ2n) is 10.6. The van der Waals surface area contributed by atoms with Crippen molar-refractivity contribution in [3.05, 3.63) is 36.0 Å². The number of allylic oxidation sites excluding steroid dienone is 1. The molecule has 0 spiro atoms. The number of hydrogen-bond donors (Lipinski definition) is 0. The van der Waals surface area contributed by atoms with E-state index in [2.05, 4.69) is 62.8 Å². The quantitative estimate of drug-likeness (QED) is 0.331. The number of nitrogens with zero attached hydrogens (tertiary/aromatic N) is 2. The van der Waals surface area contributed by atoms with Gasteiger partial charge < -0.3 is 9.16 Å². The van der Waals surface area contributed by atoms with Crippen molar-refractivity contribution in [2.24, 2.45) is 11.8 Å². The number of aromatic nitrogens is 2. The van der Waals surface area contributed by atoms with Crippen molar-refractivity contribution in [2.45, 2.75) is 90.8 Å². The van der Waals surface area contributed by atoms with Crippen LogP contribution in [0.5, 0.6) is 5.88 Å². The molecule has 2 aromatic heterocycles. The van der Waals surface area contributed by atoms with Gasteiger partial charge in [0.25, 0.3) is 0 Å². The van der Waals surface area contributed by atoms with Gasteiger partial charge in [0.1, 0.15) is 0 Å². The minimum Gasteiger partial charge on any atom is -0.478 e. The summed E-state index contributed by atoms with van der Waals surface area (Å²) in [5, 5.41) is 0.314. The lowest BCUT2D eigenvalue weighted by Gasteiger charge is -2.41. The number of hydrogen-bond acceptors (Lipinski definition) is 4. The van der Waals surface area contributed by atoms with Crippen LogP contribution in [0.3, 0.4) is 0 Å². The fraction of sp³-hybridized carbons (Fsp3) is 0.643. The van der Waals surface area contributed by atoms with Crippen molar-refractivity contribution in [1.82, 2.24) is 9.97 Å². The first-order valence-electron chi connectivity index (χ1n) is 13.0. The summed E-state index contributed by atoms with van der Waals surface area (Å²) in [4.78, 5) is 9.14. The Balaban J connectivity index is 1.53. The predicted molar refractivity (Wildman–Crippen MR) is 142 cm³/mol. The summed E-state index contributed by atoms with van der Waals surface area (Å²) in [6.45, 7) is 15.3. The standard InChI is InChI=1S/C28H44N2O2Si/c1-7-31-26-17-16-25-27(30-26)24(18-20-29-25)15-14-22-10-12-23(13-11-22)19-21-32-33(8-2,9-3)28(4,5)6/h14-18,20,22-23H,7-13,19,21H2,1-6H3. The minimum absolute atomic E-state index is 0.314. The van der Waals surface area contributed by atoms with Gasteiger partial charge in [0.05, 0.1) is 17.6 Å². The second-order valence-corrected chi connectivity index (χ2v) is 15.8. The third-order valence-electron chi connectivity index (χ3n) is 7.73. The molecular weight excluding hydrogens is 424 g/mol. The van der Waals surface area contributed by atoms with Gasteiger partial charge in [-0.2, -0.15) is 0 Å². The van der Waals surface area contributed by atoms with Crippen LogP contribution in [0.1, 0.15) is 79.2 Å². The van der Waals surface area contributed by atoms with Crippen molar-refractivity contribution < 1.29 is 9.16 Å². The number of fused-ring (bicyclic) bond motifs is 1. The maximum Gasteiger partial charge on any atom is 0.213 e. The van der Waals surface area contributed by atoms with Crippen molar-refractivity contribution in [2.75, 3.05) is 13.2 Å². The highest BCUT2D eigenvalue weighted by atomic mass is 28.4. The van der Waals surface area contributed by atoms with Crippen molar-refractivity contribution in [1.29, 1.82) is 0 Å². The number of ether oxygens (including phenoxy) is 1.